The van der Waals surface area contributed by atoms with Gasteiger partial charge in [-0.2, -0.15) is 5.10 Å². The van der Waals surface area contributed by atoms with Crippen LogP contribution in [0.15, 0.2) is 59.4 Å². The molecule has 4 heteroatoms. The summed E-state index contributed by atoms with van der Waals surface area (Å²) < 4.78 is 0. The summed E-state index contributed by atoms with van der Waals surface area (Å²) in [6, 6.07) is 10.1. The van der Waals surface area contributed by atoms with Crippen LogP contribution in [0.3, 0.4) is 0 Å². The van der Waals surface area contributed by atoms with Gasteiger partial charge in [0, 0.05) is 18.9 Å². The number of hydrazone groups is 1. The molecular formula is C19H28BrN3. The molecular weight excluding hydrogens is 350 g/mol. The van der Waals surface area contributed by atoms with Crippen LogP contribution < -0.4 is 10.3 Å². The minimum atomic E-state index is 0.979. The van der Waals surface area contributed by atoms with Crippen molar-refractivity contribution in [1.29, 1.82) is 0 Å². The van der Waals surface area contributed by atoms with Gasteiger partial charge in [-0.05, 0) is 38.0 Å². The number of unbranched alkanes of at least 4 members (excludes halogenated alkanes) is 3. The third-order valence-corrected chi connectivity index (χ3v) is 3.92. The maximum Gasteiger partial charge on any atom is 0.0706 e. The van der Waals surface area contributed by atoms with Gasteiger partial charge in [-0.3, -0.25) is 5.01 Å². The average Bonchev–Trinajstić information content (AvgIpc) is 2.60. The molecule has 0 aliphatic carbocycles. The predicted molar refractivity (Wildman–Crippen MR) is 106 cm³/mol. The fourth-order valence-corrected chi connectivity index (χ4v) is 2.41. The minimum Gasteiger partial charge on any atom is -0.384 e. The van der Waals surface area contributed by atoms with E-state index in [1.54, 1.807) is 0 Å². The van der Waals surface area contributed by atoms with Gasteiger partial charge >= 0.3 is 0 Å². The maximum atomic E-state index is 4.51. The van der Waals surface area contributed by atoms with E-state index >= 15 is 0 Å². The first-order chi connectivity index (χ1) is 11.3. The van der Waals surface area contributed by atoms with Gasteiger partial charge in [0.15, 0.2) is 0 Å². The molecule has 1 aromatic carbocycles. The Morgan fingerprint density at radius 1 is 1.17 bits per heavy atom. The van der Waals surface area contributed by atoms with Crippen molar-refractivity contribution in [3.05, 3.63) is 54.3 Å². The van der Waals surface area contributed by atoms with E-state index in [9.17, 15) is 0 Å². The average molecular weight is 378 g/mol. The van der Waals surface area contributed by atoms with Gasteiger partial charge in [-0.1, -0.05) is 59.1 Å². The molecule has 0 unspecified atom stereocenters. The van der Waals surface area contributed by atoms with Crippen molar-refractivity contribution in [2.45, 2.75) is 32.6 Å². The van der Waals surface area contributed by atoms with Crippen LogP contribution in [0.25, 0.3) is 0 Å². The summed E-state index contributed by atoms with van der Waals surface area (Å²) in [4.78, 5) is 0. The van der Waals surface area contributed by atoms with Crippen molar-refractivity contribution < 1.29 is 0 Å². The van der Waals surface area contributed by atoms with Crippen molar-refractivity contribution in [2.24, 2.45) is 5.10 Å². The van der Waals surface area contributed by atoms with Gasteiger partial charge in [-0.15, -0.1) is 0 Å². The van der Waals surface area contributed by atoms with E-state index in [0.29, 0.717) is 0 Å². The first kappa shape index (κ1) is 19.5. The number of hydrogen-bond acceptors (Lipinski definition) is 3. The number of halogens is 1. The second-order valence-electron chi connectivity index (χ2n) is 5.28. The Bertz CT molecular complexity index is 495. The molecule has 126 valence electrons. The molecule has 0 aliphatic rings. The summed E-state index contributed by atoms with van der Waals surface area (Å²) in [5.41, 5.74) is 2.11. The Morgan fingerprint density at radius 2 is 1.91 bits per heavy atom. The summed E-state index contributed by atoms with van der Waals surface area (Å²) in [7, 11) is 1.96. The van der Waals surface area contributed by atoms with Crippen molar-refractivity contribution in [3.8, 4) is 0 Å². The Kier molecular flexibility index (Phi) is 11.0. The van der Waals surface area contributed by atoms with E-state index in [-0.39, 0.29) is 0 Å². The number of benzene rings is 1. The highest BCUT2D eigenvalue weighted by Gasteiger charge is 1.97. The number of allylic oxidation sites excluding steroid dienone is 4. The van der Waals surface area contributed by atoms with Crippen molar-refractivity contribution in [3.63, 3.8) is 0 Å². The molecule has 0 spiro atoms. The molecule has 1 aromatic rings. The summed E-state index contributed by atoms with van der Waals surface area (Å²) in [6.45, 7) is 2.99. The normalized spacial score (nSPS) is 12.2. The number of nitrogens with one attached hydrogen (secondary N) is 1. The standard InChI is InChI=1S/C19H28BrN3/c1-3-4-12-18(21-16-11-6-5-10-15-20)17-22-23(2)19-13-8-7-9-14-19/h3-4,7-9,12-14,17,21H,5-6,10-11,15-16H2,1-2H3/b4-3-,18-12-,22-17+. The highest BCUT2D eigenvalue weighted by Crippen LogP contribution is 2.10. The zero-order valence-electron chi connectivity index (χ0n) is 14.2. The third kappa shape index (κ3) is 9.24. The highest BCUT2D eigenvalue weighted by atomic mass is 79.9. The lowest BCUT2D eigenvalue weighted by molar-refractivity contribution is 0.645. The first-order valence-electron chi connectivity index (χ1n) is 8.23. The number of alkyl halides is 1. The molecule has 3 nitrogen and oxygen atoms in total. The molecule has 0 amide bonds. The van der Waals surface area contributed by atoms with Crippen LogP contribution in [0.4, 0.5) is 5.69 Å². The molecule has 0 aliphatic heterocycles. The van der Waals surface area contributed by atoms with Gasteiger partial charge in [0.25, 0.3) is 0 Å². The van der Waals surface area contributed by atoms with Gasteiger partial charge in [0.2, 0.25) is 0 Å². The number of hydrogen-bond donors (Lipinski definition) is 1. The van der Waals surface area contributed by atoms with Crippen LogP contribution in [0, 0.1) is 0 Å². The molecule has 0 saturated heterocycles. The molecule has 0 radical (unpaired) electrons. The van der Waals surface area contributed by atoms with Crippen LogP contribution in [0.5, 0.6) is 0 Å². The van der Waals surface area contributed by atoms with Crippen LogP contribution in [0.1, 0.15) is 32.6 Å². The third-order valence-electron chi connectivity index (χ3n) is 3.36. The van der Waals surface area contributed by atoms with Crippen LogP contribution in [-0.4, -0.2) is 25.1 Å². The topological polar surface area (TPSA) is 27.6 Å². The van der Waals surface area contributed by atoms with E-state index < -0.39 is 0 Å². The molecule has 1 N–H and O–H groups in total. The largest absolute Gasteiger partial charge is 0.384 e. The number of para-hydroxylation sites is 1. The molecule has 0 atom stereocenters. The zero-order chi connectivity index (χ0) is 16.8. The van der Waals surface area contributed by atoms with Gasteiger partial charge < -0.3 is 5.32 Å². The molecule has 0 fully saturated rings. The quantitative estimate of drug-likeness (QED) is 0.190. The van der Waals surface area contributed by atoms with E-state index in [1.165, 1.54) is 25.7 Å². The second-order valence-corrected chi connectivity index (χ2v) is 6.07. The molecule has 0 bridgehead atoms. The first-order valence-corrected chi connectivity index (χ1v) is 9.35. The summed E-state index contributed by atoms with van der Waals surface area (Å²) >= 11 is 3.47. The van der Waals surface area contributed by atoms with Gasteiger partial charge in [0.1, 0.15) is 0 Å². The maximum absolute atomic E-state index is 4.51. The molecule has 0 heterocycles. The molecule has 0 aromatic heterocycles. The Morgan fingerprint density at radius 3 is 2.61 bits per heavy atom. The Hall–Kier alpha value is -1.55. The number of nitrogens with zero attached hydrogens (tertiary/aromatic N) is 2. The molecule has 23 heavy (non-hydrogen) atoms. The van der Waals surface area contributed by atoms with Crippen LogP contribution in [0.2, 0.25) is 0 Å². The highest BCUT2D eigenvalue weighted by molar-refractivity contribution is 9.09. The number of rotatable bonds is 11. The fourth-order valence-electron chi connectivity index (χ4n) is 2.01. The smallest absolute Gasteiger partial charge is 0.0706 e. The summed E-state index contributed by atoms with van der Waals surface area (Å²) in [5.74, 6) is 0. The summed E-state index contributed by atoms with van der Waals surface area (Å²) in [6.07, 6.45) is 13.0. The monoisotopic (exact) mass is 377 g/mol. The van der Waals surface area contributed by atoms with Gasteiger partial charge in [-0.25, -0.2) is 0 Å². The van der Waals surface area contributed by atoms with Crippen LogP contribution in [-0.2, 0) is 0 Å². The summed E-state index contributed by atoms with van der Waals surface area (Å²) in [5, 5.41) is 11.0. The van der Waals surface area contributed by atoms with Crippen molar-refractivity contribution >= 4 is 27.8 Å². The van der Waals surface area contributed by atoms with Crippen LogP contribution >= 0.6 is 15.9 Å². The lowest BCUT2D eigenvalue weighted by atomic mass is 10.2. The fraction of sp³-hybridized carbons (Fsp3) is 0.421. The Balaban J connectivity index is 2.49. The van der Waals surface area contributed by atoms with E-state index in [2.05, 4.69) is 32.4 Å². The minimum absolute atomic E-state index is 0.979. The Labute approximate surface area is 149 Å². The lowest BCUT2D eigenvalue weighted by Crippen LogP contribution is -2.17. The van der Waals surface area contributed by atoms with E-state index in [0.717, 1.165) is 23.3 Å². The molecule has 1 rings (SSSR count). The molecule has 0 saturated carbocycles. The SMILES string of the molecule is C\C=C/C=C(/C=N/N(C)c1ccccc1)NCCCCCCBr. The van der Waals surface area contributed by atoms with Gasteiger partial charge in [0.05, 0.1) is 17.6 Å². The second kappa shape index (κ2) is 12.9. The zero-order valence-corrected chi connectivity index (χ0v) is 15.8. The predicted octanol–water partition coefficient (Wildman–Crippen LogP) is 5.11. The van der Waals surface area contributed by atoms with Crippen molar-refractivity contribution in [2.75, 3.05) is 23.9 Å². The lowest BCUT2D eigenvalue weighted by Gasteiger charge is -2.13. The van der Waals surface area contributed by atoms with E-state index in [4.69, 9.17) is 0 Å². The number of anilines is 1. The van der Waals surface area contributed by atoms with Crippen molar-refractivity contribution in [1.82, 2.24) is 5.32 Å². The van der Waals surface area contributed by atoms with E-state index in [1.807, 2.05) is 67.7 Å².